The summed E-state index contributed by atoms with van der Waals surface area (Å²) in [6.45, 7) is 3.89. The van der Waals surface area contributed by atoms with Crippen molar-refractivity contribution in [2.75, 3.05) is 13.1 Å². The van der Waals surface area contributed by atoms with Gasteiger partial charge in [0.15, 0.2) is 11.5 Å². The van der Waals surface area contributed by atoms with Gasteiger partial charge in [-0.3, -0.25) is 4.79 Å². The lowest BCUT2D eigenvalue weighted by Gasteiger charge is -2.36. The minimum Gasteiger partial charge on any atom is -0.317 e. The summed E-state index contributed by atoms with van der Waals surface area (Å²) in [7, 11) is 0.590. The second-order valence-corrected chi connectivity index (χ2v) is 9.05. The van der Waals surface area contributed by atoms with E-state index in [9.17, 15) is 9.18 Å². The zero-order valence-electron chi connectivity index (χ0n) is 15.7. The number of rotatable bonds is 2. The van der Waals surface area contributed by atoms with Crippen molar-refractivity contribution in [3.8, 4) is 0 Å². The van der Waals surface area contributed by atoms with Gasteiger partial charge in [-0.1, -0.05) is 20.7 Å². The van der Waals surface area contributed by atoms with Crippen molar-refractivity contribution in [1.82, 2.24) is 19.6 Å². The Morgan fingerprint density at radius 2 is 2.11 bits per heavy atom. The Morgan fingerprint density at radius 1 is 1.29 bits per heavy atom. The summed E-state index contributed by atoms with van der Waals surface area (Å²) in [5.41, 5.74) is 2.67. The van der Waals surface area contributed by atoms with Crippen LogP contribution in [0.4, 0.5) is 4.39 Å². The van der Waals surface area contributed by atoms with Crippen LogP contribution in [0.2, 0.25) is 0 Å². The molecule has 144 valence electrons. The van der Waals surface area contributed by atoms with E-state index in [0.717, 1.165) is 42.8 Å². The highest BCUT2D eigenvalue weighted by molar-refractivity contribution is 7.44. The molecule has 28 heavy (non-hydrogen) atoms. The Labute approximate surface area is 164 Å². The van der Waals surface area contributed by atoms with Crippen LogP contribution in [0.3, 0.4) is 0 Å². The first-order valence-electron chi connectivity index (χ1n) is 9.65. The number of piperidine rings is 1. The molecule has 0 bridgehead atoms. The maximum atomic E-state index is 14.5. The van der Waals surface area contributed by atoms with E-state index in [2.05, 4.69) is 16.4 Å². The molecule has 2 atom stereocenters. The van der Waals surface area contributed by atoms with Gasteiger partial charge in [0.25, 0.3) is 5.91 Å². The largest absolute Gasteiger partial charge is 0.317 e. The molecule has 2 aromatic rings. The van der Waals surface area contributed by atoms with Gasteiger partial charge in [0, 0.05) is 30.2 Å². The predicted molar refractivity (Wildman–Crippen MR) is 110 cm³/mol. The third-order valence-electron chi connectivity index (χ3n) is 5.62. The van der Waals surface area contributed by atoms with Crippen LogP contribution in [0.1, 0.15) is 24.1 Å². The first kappa shape index (κ1) is 17.8. The molecule has 3 aliphatic rings. The molecular formula is C21H22FN4OP. The summed E-state index contributed by atoms with van der Waals surface area (Å²) >= 11 is 0. The lowest BCUT2D eigenvalue weighted by atomic mass is 9.97. The molecule has 7 heteroatoms. The van der Waals surface area contributed by atoms with E-state index in [0.29, 0.717) is 20.1 Å². The van der Waals surface area contributed by atoms with Crippen molar-refractivity contribution in [3.05, 3.63) is 65.3 Å². The molecular weight excluding hydrogens is 374 g/mol. The summed E-state index contributed by atoms with van der Waals surface area (Å²) in [5.74, 6) is 0.266. The van der Waals surface area contributed by atoms with Crippen LogP contribution in [0.15, 0.2) is 48.2 Å². The topological polar surface area (TPSA) is 49.6 Å². The molecule has 1 fully saturated rings. The van der Waals surface area contributed by atoms with E-state index in [4.69, 9.17) is 0 Å². The fourth-order valence-electron chi connectivity index (χ4n) is 4.18. The van der Waals surface area contributed by atoms with Crippen molar-refractivity contribution >= 4 is 25.7 Å². The van der Waals surface area contributed by atoms with Gasteiger partial charge in [0.2, 0.25) is 0 Å². The summed E-state index contributed by atoms with van der Waals surface area (Å²) in [6.07, 6.45) is 13.7. The molecule has 0 saturated carbocycles. The number of halogens is 1. The third kappa shape index (κ3) is 3.11. The average molecular weight is 396 g/mol. The Hall–Kier alpha value is -2.30. The third-order valence-corrected chi connectivity index (χ3v) is 7.28. The molecule has 1 saturated heterocycles. The SMILES string of the molecule is Cc1cn2cc(C3=CN4C(=O)C=C(C5CCNCC5)PC4C=C3)cc(F)c2n1. The minimum absolute atomic E-state index is 0.0270. The molecule has 5 heterocycles. The number of carbonyl (C=O) groups is 1. The van der Waals surface area contributed by atoms with Crippen molar-refractivity contribution in [3.63, 3.8) is 0 Å². The number of fused-ring (bicyclic) bond motifs is 2. The lowest BCUT2D eigenvalue weighted by Crippen LogP contribution is -2.37. The zero-order chi connectivity index (χ0) is 19.3. The maximum Gasteiger partial charge on any atom is 0.251 e. The molecule has 5 nitrogen and oxygen atoms in total. The van der Waals surface area contributed by atoms with Crippen molar-refractivity contribution < 1.29 is 9.18 Å². The summed E-state index contributed by atoms with van der Waals surface area (Å²) in [4.78, 5) is 18.8. The molecule has 1 amide bonds. The van der Waals surface area contributed by atoms with E-state index >= 15 is 0 Å². The molecule has 0 spiro atoms. The number of amides is 1. The normalized spacial score (nSPS) is 23.9. The first-order valence-corrected chi connectivity index (χ1v) is 10.7. The summed E-state index contributed by atoms with van der Waals surface area (Å²) < 4.78 is 16.2. The lowest BCUT2D eigenvalue weighted by molar-refractivity contribution is -0.123. The van der Waals surface area contributed by atoms with E-state index in [1.807, 2.05) is 31.5 Å². The predicted octanol–water partition coefficient (Wildman–Crippen LogP) is 3.42. The number of carbonyl (C=O) groups excluding carboxylic acids is 1. The molecule has 0 radical (unpaired) electrons. The molecule has 2 aromatic heterocycles. The molecule has 0 aliphatic carbocycles. The van der Waals surface area contributed by atoms with E-state index in [1.54, 1.807) is 15.5 Å². The Morgan fingerprint density at radius 3 is 2.93 bits per heavy atom. The number of hydrogen-bond acceptors (Lipinski definition) is 3. The molecule has 1 N–H and O–H groups in total. The Kier molecular flexibility index (Phi) is 4.41. The number of allylic oxidation sites excluding steroid dienone is 3. The first-order chi connectivity index (χ1) is 13.6. The van der Waals surface area contributed by atoms with E-state index < -0.39 is 0 Å². The van der Waals surface area contributed by atoms with Crippen molar-refractivity contribution in [2.24, 2.45) is 5.92 Å². The summed E-state index contributed by atoms with van der Waals surface area (Å²) in [6, 6.07) is 1.49. The monoisotopic (exact) mass is 396 g/mol. The molecule has 2 unspecified atom stereocenters. The molecule has 0 aromatic carbocycles. The second-order valence-electron chi connectivity index (χ2n) is 7.59. The molecule has 3 aliphatic heterocycles. The number of pyridine rings is 1. The fourth-order valence-corrected chi connectivity index (χ4v) is 5.78. The number of nitrogens with one attached hydrogen (secondary N) is 1. The van der Waals surface area contributed by atoms with Crippen LogP contribution in [0, 0.1) is 18.7 Å². The second kappa shape index (κ2) is 6.94. The maximum absolute atomic E-state index is 14.5. The quantitative estimate of drug-likeness (QED) is 0.792. The van der Waals surface area contributed by atoms with Gasteiger partial charge in [0.1, 0.15) is 0 Å². The van der Waals surface area contributed by atoms with E-state index in [1.165, 1.54) is 11.4 Å². The highest BCUT2D eigenvalue weighted by Crippen LogP contribution is 2.45. The minimum atomic E-state index is -0.359. The van der Waals surface area contributed by atoms with Crippen molar-refractivity contribution in [1.29, 1.82) is 0 Å². The standard InChI is InChI=1S/C21H22FN4OP/c1-13-10-25-11-16(8-17(22)21(25)24-13)15-2-3-20-26(12-15)19(27)9-18(28-20)14-4-6-23-7-5-14/h2-3,8-12,14,20,23,28H,4-7H2,1H3. The van der Waals surface area contributed by atoms with Crippen LogP contribution < -0.4 is 5.32 Å². The Balaban J connectivity index is 1.45. The van der Waals surface area contributed by atoms with Gasteiger partial charge in [-0.05, 0) is 55.7 Å². The van der Waals surface area contributed by atoms with E-state index in [-0.39, 0.29) is 17.5 Å². The number of imidazole rings is 1. The molecule has 5 rings (SSSR count). The summed E-state index contributed by atoms with van der Waals surface area (Å²) in [5, 5.41) is 4.69. The number of hydrogen-bond donors (Lipinski definition) is 1. The zero-order valence-corrected chi connectivity index (χ0v) is 16.7. The van der Waals surface area contributed by atoms with Gasteiger partial charge >= 0.3 is 0 Å². The van der Waals surface area contributed by atoms with Gasteiger partial charge in [0.05, 0.1) is 11.5 Å². The van der Waals surface area contributed by atoms with Crippen LogP contribution >= 0.6 is 8.58 Å². The van der Waals surface area contributed by atoms with Gasteiger partial charge in [-0.2, -0.15) is 0 Å². The highest BCUT2D eigenvalue weighted by atomic mass is 31.1. The number of nitrogens with zero attached hydrogens (tertiary/aromatic N) is 3. The number of aromatic nitrogens is 2. The van der Waals surface area contributed by atoms with Crippen LogP contribution in [-0.4, -0.2) is 39.1 Å². The van der Waals surface area contributed by atoms with Crippen LogP contribution in [-0.2, 0) is 4.79 Å². The van der Waals surface area contributed by atoms with Gasteiger partial charge < -0.3 is 14.6 Å². The number of aryl methyl sites for hydroxylation is 1. The van der Waals surface area contributed by atoms with Gasteiger partial charge in [-0.25, -0.2) is 9.37 Å². The highest BCUT2D eigenvalue weighted by Gasteiger charge is 2.31. The fraction of sp³-hybridized carbons (Fsp3) is 0.333. The average Bonchev–Trinajstić information content (AvgIpc) is 3.09. The van der Waals surface area contributed by atoms with Gasteiger partial charge in [-0.15, -0.1) is 0 Å². The van der Waals surface area contributed by atoms with Crippen LogP contribution in [0.25, 0.3) is 11.2 Å². The van der Waals surface area contributed by atoms with Crippen molar-refractivity contribution in [2.45, 2.75) is 25.5 Å². The van der Waals surface area contributed by atoms with Crippen LogP contribution in [0.5, 0.6) is 0 Å². The Bertz CT molecular complexity index is 1050. The smallest absolute Gasteiger partial charge is 0.251 e.